The number of ether oxygens (including phenoxy) is 1. The molecule has 0 atom stereocenters. The first-order chi connectivity index (χ1) is 14.7. The Morgan fingerprint density at radius 3 is 2.33 bits per heavy atom. The Labute approximate surface area is 174 Å². The number of carbonyl (C=O) groups excluding carboxylic acids is 2. The Balaban J connectivity index is 1.56. The Hall–Kier alpha value is -3.86. The summed E-state index contributed by atoms with van der Waals surface area (Å²) in [5, 5.41) is 3.46. The van der Waals surface area contributed by atoms with Gasteiger partial charge in [-0.3, -0.25) is 9.59 Å². The average Bonchev–Trinajstić information content (AvgIpc) is 3.16. The molecule has 5 nitrogen and oxygen atoms in total. The molecule has 0 aliphatic heterocycles. The molecule has 0 saturated carbocycles. The van der Waals surface area contributed by atoms with Crippen molar-refractivity contribution >= 4 is 28.3 Å². The minimum atomic E-state index is -0.372. The van der Waals surface area contributed by atoms with Crippen molar-refractivity contribution in [2.24, 2.45) is 0 Å². The van der Waals surface area contributed by atoms with Crippen LogP contribution in [-0.4, -0.2) is 18.3 Å². The summed E-state index contributed by atoms with van der Waals surface area (Å²) in [6, 6.07) is 23.6. The Kier molecular flexibility index (Phi) is 5.61. The molecule has 150 valence electrons. The van der Waals surface area contributed by atoms with Crippen LogP contribution in [0.2, 0.25) is 0 Å². The second-order valence-electron chi connectivity index (χ2n) is 6.83. The third kappa shape index (κ3) is 4.10. The molecular weight excluding hydrogens is 378 g/mol. The van der Waals surface area contributed by atoms with Crippen LogP contribution in [0.25, 0.3) is 11.0 Å². The van der Waals surface area contributed by atoms with Crippen LogP contribution in [0.4, 0.5) is 5.69 Å². The predicted octanol–water partition coefficient (Wildman–Crippen LogP) is 5.24. The number of ketones is 1. The molecule has 4 aromatic rings. The van der Waals surface area contributed by atoms with Crippen molar-refractivity contribution in [1.82, 2.24) is 0 Å². The fourth-order valence-corrected chi connectivity index (χ4v) is 3.20. The van der Waals surface area contributed by atoms with E-state index in [9.17, 15) is 9.59 Å². The van der Waals surface area contributed by atoms with E-state index in [1.54, 1.807) is 36.4 Å². The summed E-state index contributed by atoms with van der Waals surface area (Å²) in [5.41, 5.74) is 2.57. The van der Waals surface area contributed by atoms with Crippen molar-refractivity contribution in [3.63, 3.8) is 0 Å². The molecule has 0 spiro atoms. The molecule has 0 unspecified atom stereocenters. The number of amides is 1. The van der Waals surface area contributed by atoms with Crippen molar-refractivity contribution in [3.8, 4) is 5.75 Å². The number of nitrogens with one attached hydrogen (secondary N) is 1. The first kappa shape index (κ1) is 19.5. The maximum absolute atomic E-state index is 13.0. The highest BCUT2D eigenvalue weighted by atomic mass is 16.5. The summed E-state index contributed by atoms with van der Waals surface area (Å²) < 4.78 is 11.4. The molecular formula is C25H21NO4. The average molecular weight is 399 g/mol. The van der Waals surface area contributed by atoms with Gasteiger partial charge in [0.2, 0.25) is 5.78 Å². The van der Waals surface area contributed by atoms with Gasteiger partial charge in [-0.25, -0.2) is 0 Å². The van der Waals surface area contributed by atoms with E-state index in [1.165, 1.54) is 5.56 Å². The SMILES string of the molecule is CCc1ccc(OCC(=O)Nc2c(C(=O)c3ccccc3)oc3ccccc23)cc1. The highest BCUT2D eigenvalue weighted by molar-refractivity contribution is 6.17. The minimum absolute atomic E-state index is 0.100. The van der Waals surface area contributed by atoms with E-state index in [2.05, 4.69) is 12.2 Å². The molecule has 5 heteroatoms. The number of benzene rings is 3. The first-order valence-corrected chi connectivity index (χ1v) is 9.78. The normalized spacial score (nSPS) is 10.7. The summed E-state index contributed by atoms with van der Waals surface area (Å²) in [5.74, 6) is 0.0458. The van der Waals surface area contributed by atoms with E-state index in [4.69, 9.17) is 9.15 Å². The zero-order chi connectivity index (χ0) is 20.9. The molecule has 3 aromatic carbocycles. The van der Waals surface area contributed by atoms with Gasteiger partial charge in [-0.1, -0.05) is 61.5 Å². The van der Waals surface area contributed by atoms with Crippen molar-refractivity contribution in [2.45, 2.75) is 13.3 Å². The molecule has 0 radical (unpaired) electrons. The van der Waals surface area contributed by atoms with E-state index in [0.29, 0.717) is 28.0 Å². The maximum Gasteiger partial charge on any atom is 0.262 e. The highest BCUT2D eigenvalue weighted by Crippen LogP contribution is 2.32. The predicted molar refractivity (Wildman–Crippen MR) is 116 cm³/mol. The van der Waals surface area contributed by atoms with Gasteiger partial charge in [0.05, 0.1) is 5.69 Å². The molecule has 30 heavy (non-hydrogen) atoms. The number of furan rings is 1. The van der Waals surface area contributed by atoms with E-state index < -0.39 is 0 Å². The molecule has 1 N–H and O–H groups in total. The van der Waals surface area contributed by atoms with Gasteiger partial charge in [0.1, 0.15) is 11.3 Å². The Bertz CT molecular complexity index is 1180. The molecule has 1 amide bonds. The van der Waals surface area contributed by atoms with Crippen LogP contribution in [0.15, 0.2) is 83.3 Å². The summed E-state index contributed by atoms with van der Waals surface area (Å²) in [6.07, 6.45) is 0.937. The van der Waals surface area contributed by atoms with Crippen molar-refractivity contribution in [2.75, 3.05) is 11.9 Å². The van der Waals surface area contributed by atoms with Crippen LogP contribution in [0.5, 0.6) is 5.75 Å². The van der Waals surface area contributed by atoms with Crippen molar-refractivity contribution < 1.29 is 18.7 Å². The lowest BCUT2D eigenvalue weighted by Crippen LogP contribution is -2.21. The number of para-hydroxylation sites is 1. The van der Waals surface area contributed by atoms with Gasteiger partial charge < -0.3 is 14.5 Å². The fourth-order valence-electron chi connectivity index (χ4n) is 3.20. The smallest absolute Gasteiger partial charge is 0.262 e. The monoisotopic (exact) mass is 399 g/mol. The zero-order valence-electron chi connectivity index (χ0n) is 16.6. The van der Waals surface area contributed by atoms with Crippen LogP contribution in [0.3, 0.4) is 0 Å². The lowest BCUT2D eigenvalue weighted by molar-refractivity contribution is -0.118. The van der Waals surface area contributed by atoms with Crippen LogP contribution in [0.1, 0.15) is 28.6 Å². The minimum Gasteiger partial charge on any atom is -0.484 e. The quantitative estimate of drug-likeness (QED) is 0.431. The summed E-state index contributed by atoms with van der Waals surface area (Å²) in [7, 11) is 0. The molecule has 0 fully saturated rings. The second kappa shape index (κ2) is 8.66. The molecule has 1 aromatic heterocycles. The second-order valence-corrected chi connectivity index (χ2v) is 6.83. The number of carbonyl (C=O) groups is 2. The lowest BCUT2D eigenvalue weighted by atomic mass is 10.1. The van der Waals surface area contributed by atoms with Gasteiger partial charge in [0.15, 0.2) is 12.4 Å². The largest absolute Gasteiger partial charge is 0.484 e. The van der Waals surface area contributed by atoms with Crippen LogP contribution < -0.4 is 10.1 Å². The van der Waals surface area contributed by atoms with Gasteiger partial charge >= 0.3 is 0 Å². The van der Waals surface area contributed by atoms with E-state index >= 15 is 0 Å². The van der Waals surface area contributed by atoms with E-state index in [1.807, 2.05) is 42.5 Å². The standard InChI is InChI=1S/C25H21NO4/c1-2-17-12-14-19(15-13-17)29-16-22(27)26-23-20-10-6-7-11-21(20)30-25(23)24(28)18-8-4-3-5-9-18/h3-15H,2,16H2,1H3,(H,26,27). The molecule has 1 heterocycles. The Morgan fingerprint density at radius 1 is 0.900 bits per heavy atom. The van der Waals surface area contributed by atoms with Gasteiger partial charge in [-0.2, -0.15) is 0 Å². The summed E-state index contributed by atoms with van der Waals surface area (Å²) >= 11 is 0. The van der Waals surface area contributed by atoms with Crippen LogP contribution in [0, 0.1) is 0 Å². The van der Waals surface area contributed by atoms with Crippen molar-refractivity contribution in [1.29, 1.82) is 0 Å². The third-order valence-electron chi connectivity index (χ3n) is 4.80. The van der Waals surface area contributed by atoms with Crippen molar-refractivity contribution in [3.05, 3.63) is 95.7 Å². The molecule has 0 saturated heterocycles. The zero-order valence-corrected chi connectivity index (χ0v) is 16.6. The van der Waals surface area contributed by atoms with Gasteiger partial charge in [0, 0.05) is 10.9 Å². The number of fused-ring (bicyclic) bond motifs is 1. The van der Waals surface area contributed by atoms with Crippen LogP contribution >= 0.6 is 0 Å². The maximum atomic E-state index is 13.0. The topological polar surface area (TPSA) is 68.5 Å². The van der Waals surface area contributed by atoms with E-state index in [0.717, 1.165) is 6.42 Å². The number of hydrogen-bond donors (Lipinski definition) is 1. The van der Waals surface area contributed by atoms with Crippen LogP contribution in [-0.2, 0) is 11.2 Å². The summed E-state index contributed by atoms with van der Waals surface area (Å²) in [4.78, 5) is 25.6. The molecule has 0 bridgehead atoms. The van der Waals surface area contributed by atoms with Gasteiger partial charge in [-0.05, 0) is 36.2 Å². The fraction of sp³-hybridized carbons (Fsp3) is 0.120. The highest BCUT2D eigenvalue weighted by Gasteiger charge is 2.23. The number of rotatable bonds is 7. The molecule has 0 aliphatic rings. The number of hydrogen-bond acceptors (Lipinski definition) is 4. The first-order valence-electron chi connectivity index (χ1n) is 9.78. The lowest BCUT2D eigenvalue weighted by Gasteiger charge is -2.08. The van der Waals surface area contributed by atoms with Gasteiger partial charge in [0.25, 0.3) is 5.91 Å². The van der Waals surface area contributed by atoms with Gasteiger partial charge in [-0.15, -0.1) is 0 Å². The summed E-state index contributed by atoms with van der Waals surface area (Å²) in [6.45, 7) is 1.90. The molecule has 0 aliphatic carbocycles. The number of anilines is 1. The Morgan fingerprint density at radius 2 is 1.60 bits per heavy atom. The van der Waals surface area contributed by atoms with E-state index in [-0.39, 0.29) is 24.1 Å². The number of aryl methyl sites for hydroxylation is 1. The molecule has 4 rings (SSSR count). The third-order valence-corrected chi connectivity index (χ3v) is 4.80.